The summed E-state index contributed by atoms with van der Waals surface area (Å²) in [7, 11) is 0. The third-order valence-electron chi connectivity index (χ3n) is 4.26. The van der Waals surface area contributed by atoms with Crippen molar-refractivity contribution < 1.29 is 9.53 Å². The molecule has 0 aromatic heterocycles. The lowest BCUT2D eigenvalue weighted by molar-refractivity contribution is -0.163. The van der Waals surface area contributed by atoms with Gasteiger partial charge in [-0.3, -0.25) is 4.79 Å². The molecule has 0 spiro atoms. The lowest BCUT2D eigenvalue weighted by Gasteiger charge is -2.33. The van der Waals surface area contributed by atoms with Crippen molar-refractivity contribution in [2.75, 3.05) is 0 Å². The van der Waals surface area contributed by atoms with Crippen molar-refractivity contribution >= 4 is 5.97 Å². The highest BCUT2D eigenvalue weighted by molar-refractivity contribution is 5.76. The van der Waals surface area contributed by atoms with E-state index in [1.807, 2.05) is 20.8 Å². The molecule has 2 unspecified atom stereocenters. The van der Waals surface area contributed by atoms with Crippen molar-refractivity contribution in [2.24, 2.45) is 16.7 Å². The van der Waals surface area contributed by atoms with E-state index >= 15 is 0 Å². The highest BCUT2D eigenvalue weighted by atomic mass is 16.5. The van der Waals surface area contributed by atoms with Gasteiger partial charge in [0.2, 0.25) is 0 Å². The number of ether oxygens (including phenoxy) is 1. The van der Waals surface area contributed by atoms with Crippen LogP contribution in [0.3, 0.4) is 0 Å². The first-order valence-electron chi connectivity index (χ1n) is 6.89. The Morgan fingerprint density at radius 3 is 2.24 bits per heavy atom. The van der Waals surface area contributed by atoms with Gasteiger partial charge in [0.05, 0.1) is 5.41 Å². The molecule has 1 saturated carbocycles. The van der Waals surface area contributed by atoms with Crippen LogP contribution in [0.25, 0.3) is 0 Å². The summed E-state index contributed by atoms with van der Waals surface area (Å²) in [5, 5.41) is 0. The van der Waals surface area contributed by atoms with Crippen LogP contribution in [0.15, 0.2) is 0 Å². The number of esters is 1. The number of rotatable bonds is 3. The fourth-order valence-corrected chi connectivity index (χ4v) is 2.50. The van der Waals surface area contributed by atoms with Gasteiger partial charge in [-0.25, -0.2) is 0 Å². The maximum Gasteiger partial charge on any atom is 0.311 e. The molecule has 100 valence electrons. The second-order valence-corrected chi connectivity index (χ2v) is 7.08. The molecule has 2 heteroatoms. The van der Waals surface area contributed by atoms with Crippen molar-refractivity contribution in [1.82, 2.24) is 0 Å². The molecule has 2 nitrogen and oxygen atoms in total. The average Bonchev–Trinajstić information content (AvgIpc) is 2.65. The number of hydrogen-bond acceptors (Lipinski definition) is 2. The fraction of sp³-hybridized carbons (Fsp3) is 0.933. The molecule has 1 fully saturated rings. The molecule has 1 aliphatic carbocycles. The van der Waals surface area contributed by atoms with Gasteiger partial charge in [-0.2, -0.15) is 0 Å². The average molecular weight is 240 g/mol. The van der Waals surface area contributed by atoms with Crippen LogP contribution in [0, 0.1) is 16.7 Å². The molecule has 0 aromatic carbocycles. The molecule has 0 heterocycles. The zero-order chi connectivity index (χ0) is 13.3. The summed E-state index contributed by atoms with van der Waals surface area (Å²) in [6.45, 7) is 12.7. The summed E-state index contributed by atoms with van der Waals surface area (Å²) < 4.78 is 5.77. The van der Waals surface area contributed by atoms with E-state index in [2.05, 4.69) is 20.8 Å². The summed E-state index contributed by atoms with van der Waals surface area (Å²) >= 11 is 0. The largest absolute Gasteiger partial charge is 0.462 e. The maximum absolute atomic E-state index is 12.1. The van der Waals surface area contributed by atoms with Crippen LogP contribution in [0.1, 0.15) is 67.2 Å². The standard InChI is InChI=1S/C15H28O2/c1-7-15(5,6)13(16)17-12-10-8-9-11(12)14(2,3)4/h11-12H,7-10H2,1-6H3. The number of carbonyl (C=O) groups excluding carboxylic acids is 1. The van der Waals surface area contributed by atoms with Gasteiger partial charge in [0.1, 0.15) is 6.10 Å². The molecule has 0 amide bonds. The van der Waals surface area contributed by atoms with Crippen molar-refractivity contribution in [2.45, 2.75) is 73.3 Å². The van der Waals surface area contributed by atoms with Crippen LogP contribution in [0.4, 0.5) is 0 Å². The molecule has 17 heavy (non-hydrogen) atoms. The third-order valence-corrected chi connectivity index (χ3v) is 4.26. The Balaban J connectivity index is 2.66. The van der Waals surface area contributed by atoms with Gasteiger partial charge < -0.3 is 4.74 Å². The summed E-state index contributed by atoms with van der Waals surface area (Å²) in [5.41, 5.74) is -0.108. The number of carbonyl (C=O) groups is 1. The van der Waals surface area contributed by atoms with Crippen LogP contribution in [0.2, 0.25) is 0 Å². The summed E-state index contributed by atoms with van der Waals surface area (Å²) in [6, 6.07) is 0. The highest BCUT2D eigenvalue weighted by Gasteiger charge is 2.40. The topological polar surface area (TPSA) is 26.3 Å². The van der Waals surface area contributed by atoms with Crippen LogP contribution in [-0.4, -0.2) is 12.1 Å². The zero-order valence-electron chi connectivity index (χ0n) is 12.3. The minimum Gasteiger partial charge on any atom is -0.462 e. The van der Waals surface area contributed by atoms with Crippen LogP contribution >= 0.6 is 0 Å². The molecule has 0 radical (unpaired) electrons. The van der Waals surface area contributed by atoms with E-state index in [0.717, 1.165) is 12.8 Å². The van der Waals surface area contributed by atoms with E-state index in [9.17, 15) is 4.79 Å². The van der Waals surface area contributed by atoms with Gasteiger partial charge in [0.25, 0.3) is 0 Å². The van der Waals surface area contributed by atoms with Gasteiger partial charge in [-0.15, -0.1) is 0 Å². The molecule has 1 aliphatic rings. The van der Waals surface area contributed by atoms with E-state index in [1.54, 1.807) is 0 Å². The Bertz CT molecular complexity index is 273. The zero-order valence-corrected chi connectivity index (χ0v) is 12.3. The normalized spacial score (nSPS) is 26.0. The summed E-state index contributed by atoms with van der Waals surface area (Å²) in [5.74, 6) is 0.486. The minimum absolute atomic E-state index is 0.0267. The maximum atomic E-state index is 12.1. The van der Waals surface area contributed by atoms with E-state index in [-0.39, 0.29) is 22.9 Å². The van der Waals surface area contributed by atoms with E-state index in [1.165, 1.54) is 12.8 Å². The van der Waals surface area contributed by atoms with Gasteiger partial charge in [0.15, 0.2) is 0 Å². The molecular weight excluding hydrogens is 212 g/mol. The Labute approximate surface area is 106 Å². The van der Waals surface area contributed by atoms with E-state index in [4.69, 9.17) is 4.74 Å². The summed E-state index contributed by atoms with van der Waals surface area (Å²) in [6.07, 6.45) is 4.38. The SMILES string of the molecule is CCC(C)(C)C(=O)OC1CCCC1C(C)(C)C. The predicted octanol–water partition coefficient (Wildman–Crippen LogP) is 4.18. The Hall–Kier alpha value is -0.530. The van der Waals surface area contributed by atoms with Crippen LogP contribution in [-0.2, 0) is 9.53 Å². The number of hydrogen-bond donors (Lipinski definition) is 0. The van der Waals surface area contributed by atoms with Crippen molar-refractivity contribution in [3.05, 3.63) is 0 Å². The van der Waals surface area contributed by atoms with Crippen LogP contribution < -0.4 is 0 Å². The highest BCUT2D eigenvalue weighted by Crippen LogP contribution is 2.41. The first-order valence-corrected chi connectivity index (χ1v) is 6.89. The Kier molecular flexibility index (Phi) is 4.27. The van der Waals surface area contributed by atoms with Crippen molar-refractivity contribution in [3.8, 4) is 0 Å². The van der Waals surface area contributed by atoms with E-state index in [0.29, 0.717) is 5.92 Å². The summed E-state index contributed by atoms with van der Waals surface area (Å²) in [4.78, 5) is 12.1. The van der Waals surface area contributed by atoms with Gasteiger partial charge in [0, 0.05) is 5.92 Å². The molecule has 0 bridgehead atoms. The first-order chi connectivity index (χ1) is 7.68. The minimum atomic E-state index is -0.342. The Morgan fingerprint density at radius 1 is 1.18 bits per heavy atom. The molecule has 1 rings (SSSR count). The molecular formula is C15H28O2. The molecule has 0 saturated heterocycles. The monoisotopic (exact) mass is 240 g/mol. The quantitative estimate of drug-likeness (QED) is 0.692. The van der Waals surface area contributed by atoms with E-state index < -0.39 is 0 Å². The molecule has 0 N–H and O–H groups in total. The van der Waals surface area contributed by atoms with Crippen LogP contribution in [0.5, 0.6) is 0 Å². The van der Waals surface area contributed by atoms with Crippen molar-refractivity contribution in [1.29, 1.82) is 0 Å². The fourth-order valence-electron chi connectivity index (χ4n) is 2.50. The second kappa shape index (κ2) is 4.99. The molecule has 0 aromatic rings. The van der Waals surface area contributed by atoms with Gasteiger partial charge >= 0.3 is 5.97 Å². The molecule has 2 atom stereocenters. The molecule has 0 aliphatic heterocycles. The van der Waals surface area contributed by atoms with Gasteiger partial charge in [-0.05, 0) is 44.9 Å². The van der Waals surface area contributed by atoms with Crippen molar-refractivity contribution in [3.63, 3.8) is 0 Å². The second-order valence-electron chi connectivity index (χ2n) is 7.08. The lowest BCUT2D eigenvalue weighted by atomic mass is 9.78. The smallest absolute Gasteiger partial charge is 0.311 e. The van der Waals surface area contributed by atoms with Gasteiger partial charge in [-0.1, -0.05) is 27.7 Å². The third kappa shape index (κ3) is 3.46. The Morgan fingerprint density at radius 2 is 1.76 bits per heavy atom. The lowest BCUT2D eigenvalue weighted by Crippen LogP contribution is -2.35. The first kappa shape index (κ1) is 14.5. The predicted molar refractivity (Wildman–Crippen MR) is 70.7 cm³/mol.